The lowest BCUT2D eigenvalue weighted by Crippen LogP contribution is -2.50. The van der Waals surface area contributed by atoms with Crippen LogP contribution in [-0.2, 0) is 6.42 Å². The summed E-state index contributed by atoms with van der Waals surface area (Å²) in [7, 11) is 0. The molecule has 5 unspecified atom stereocenters. The zero-order chi connectivity index (χ0) is 13.0. The predicted molar refractivity (Wildman–Crippen MR) is 79.6 cm³/mol. The summed E-state index contributed by atoms with van der Waals surface area (Å²) in [5.41, 5.74) is 8.17. The Morgan fingerprint density at radius 2 is 2.16 bits per heavy atom. The summed E-state index contributed by atoms with van der Waals surface area (Å²) in [4.78, 5) is 4.28. The number of nitrogens with two attached hydrogens (primary N) is 1. The van der Waals surface area contributed by atoms with E-state index in [0.29, 0.717) is 0 Å². The molecule has 3 heteroatoms. The van der Waals surface area contributed by atoms with Gasteiger partial charge in [-0.1, -0.05) is 6.42 Å². The molecule has 0 aliphatic heterocycles. The van der Waals surface area contributed by atoms with Crippen LogP contribution in [0.1, 0.15) is 37.7 Å². The first-order chi connectivity index (χ1) is 9.16. The van der Waals surface area contributed by atoms with Crippen LogP contribution in [0.2, 0.25) is 0 Å². The minimum atomic E-state index is 0.0403. The molecule has 3 fully saturated rings. The Labute approximate surface area is 123 Å². The van der Waals surface area contributed by atoms with E-state index in [1.54, 1.807) is 0 Å². The summed E-state index contributed by atoms with van der Waals surface area (Å²) in [6.45, 7) is 0. The van der Waals surface area contributed by atoms with Crippen LogP contribution in [0.15, 0.2) is 22.9 Å². The number of hydrogen-bond donors (Lipinski definition) is 1. The largest absolute Gasteiger partial charge is 0.325 e. The maximum absolute atomic E-state index is 6.84. The molecule has 19 heavy (non-hydrogen) atoms. The van der Waals surface area contributed by atoms with Crippen molar-refractivity contribution in [2.75, 3.05) is 0 Å². The number of rotatable bonds is 2. The van der Waals surface area contributed by atoms with Crippen LogP contribution >= 0.6 is 15.9 Å². The summed E-state index contributed by atoms with van der Waals surface area (Å²) >= 11 is 3.51. The molecular weight excluding hydrogens is 300 g/mol. The third kappa shape index (κ3) is 1.89. The van der Waals surface area contributed by atoms with E-state index in [1.165, 1.54) is 37.7 Å². The van der Waals surface area contributed by atoms with Gasteiger partial charge in [0, 0.05) is 22.4 Å². The molecule has 3 aliphatic carbocycles. The number of pyridine rings is 1. The first-order valence-electron chi connectivity index (χ1n) is 7.54. The van der Waals surface area contributed by atoms with Gasteiger partial charge >= 0.3 is 0 Å². The lowest BCUT2D eigenvalue weighted by Gasteiger charge is -2.40. The molecule has 102 valence electrons. The average molecular weight is 321 g/mol. The quantitative estimate of drug-likeness (QED) is 0.905. The minimum Gasteiger partial charge on any atom is -0.325 e. The van der Waals surface area contributed by atoms with Gasteiger partial charge in [0.2, 0.25) is 0 Å². The van der Waals surface area contributed by atoms with Gasteiger partial charge < -0.3 is 5.73 Å². The fourth-order valence-electron chi connectivity index (χ4n) is 5.45. The lowest BCUT2D eigenvalue weighted by atomic mass is 9.69. The molecule has 3 aliphatic rings. The SMILES string of the molecule is NC1(Cc2cncc(Br)c2)CC2CC1C1CCCC21. The molecule has 0 amide bonds. The van der Waals surface area contributed by atoms with E-state index in [4.69, 9.17) is 5.73 Å². The van der Waals surface area contributed by atoms with Gasteiger partial charge in [-0.15, -0.1) is 0 Å². The van der Waals surface area contributed by atoms with Gasteiger partial charge in [0.1, 0.15) is 0 Å². The summed E-state index contributed by atoms with van der Waals surface area (Å²) in [6.07, 6.45) is 11.8. The Kier molecular flexibility index (Phi) is 2.79. The number of aromatic nitrogens is 1. The summed E-state index contributed by atoms with van der Waals surface area (Å²) in [6, 6.07) is 2.18. The van der Waals surface area contributed by atoms with Crippen LogP contribution in [0.5, 0.6) is 0 Å². The molecule has 4 rings (SSSR count). The van der Waals surface area contributed by atoms with E-state index in [2.05, 4.69) is 27.0 Å². The highest BCUT2D eigenvalue weighted by molar-refractivity contribution is 9.10. The molecule has 2 bridgehead atoms. The van der Waals surface area contributed by atoms with Crippen LogP contribution in [-0.4, -0.2) is 10.5 Å². The molecular formula is C16H21BrN2. The van der Waals surface area contributed by atoms with Crippen LogP contribution in [0.4, 0.5) is 0 Å². The van der Waals surface area contributed by atoms with Gasteiger partial charge in [-0.05, 0) is 83.3 Å². The summed E-state index contributed by atoms with van der Waals surface area (Å²) in [5, 5.41) is 0. The van der Waals surface area contributed by atoms with Crippen LogP contribution in [0.25, 0.3) is 0 Å². The minimum absolute atomic E-state index is 0.0403. The highest BCUT2D eigenvalue weighted by Crippen LogP contribution is 2.62. The molecule has 1 aromatic rings. The molecule has 0 aromatic carbocycles. The number of nitrogens with zero attached hydrogens (tertiary/aromatic N) is 1. The van der Waals surface area contributed by atoms with E-state index < -0.39 is 0 Å². The Morgan fingerprint density at radius 1 is 1.32 bits per heavy atom. The van der Waals surface area contributed by atoms with Crippen molar-refractivity contribution in [3.63, 3.8) is 0 Å². The normalized spacial score (nSPS) is 43.7. The topological polar surface area (TPSA) is 38.9 Å². The van der Waals surface area contributed by atoms with Gasteiger partial charge in [-0.3, -0.25) is 4.98 Å². The van der Waals surface area contributed by atoms with Gasteiger partial charge in [0.25, 0.3) is 0 Å². The van der Waals surface area contributed by atoms with Crippen LogP contribution in [0, 0.1) is 23.7 Å². The Hall–Kier alpha value is -0.410. The van der Waals surface area contributed by atoms with Crippen molar-refractivity contribution < 1.29 is 0 Å². The van der Waals surface area contributed by atoms with Crippen molar-refractivity contribution in [3.05, 3.63) is 28.5 Å². The molecule has 5 atom stereocenters. The third-order valence-electron chi connectivity index (χ3n) is 5.98. The van der Waals surface area contributed by atoms with Crippen molar-refractivity contribution in [1.29, 1.82) is 0 Å². The zero-order valence-electron chi connectivity index (χ0n) is 11.2. The van der Waals surface area contributed by atoms with E-state index in [-0.39, 0.29) is 5.54 Å². The van der Waals surface area contributed by atoms with Crippen molar-refractivity contribution >= 4 is 15.9 Å². The third-order valence-corrected chi connectivity index (χ3v) is 6.41. The first-order valence-corrected chi connectivity index (χ1v) is 8.33. The lowest BCUT2D eigenvalue weighted by molar-refractivity contribution is 0.156. The average Bonchev–Trinajstić information content (AvgIpc) is 2.99. The van der Waals surface area contributed by atoms with Gasteiger partial charge in [-0.25, -0.2) is 0 Å². The van der Waals surface area contributed by atoms with Crippen LogP contribution < -0.4 is 5.73 Å². The highest BCUT2D eigenvalue weighted by atomic mass is 79.9. The predicted octanol–water partition coefficient (Wildman–Crippen LogP) is 3.54. The monoisotopic (exact) mass is 320 g/mol. The molecule has 0 saturated heterocycles. The Balaban J connectivity index is 1.58. The Bertz CT molecular complexity index is 503. The fourth-order valence-corrected chi connectivity index (χ4v) is 5.86. The van der Waals surface area contributed by atoms with E-state index in [1.807, 2.05) is 12.4 Å². The molecule has 2 N–H and O–H groups in total. The Morgan fingerprint density at radius 3 is 3.00 bits per heavy atom. The standard InChI is InChI=1S/C16H21BrN2/c17-12-4-10(8-19-9-12)6-16(18)7-11-5-15(16)14-3-1-2-13(11)14/h4,8-9,11,13-15H,1-3,5-7,18H2. The van der Waals surface area contributed by atoms with Gasteiger partial charge in [0.15, 0.2) is 0 Å². The first kappa shape index (κ1) is 12.3. The van der Waals surface area contributed by atoms with Crippen LogP contribution in [0.3, 0.4) is 0 Å². The summed E-state index contributed by atoms with van der Waals surface area (Å²) < 4.78 is 1.07. The van der Waals surface area contributed by atoms with E-state index in [0.717, 1.165) is 34.6 Å². The van der Waals surface area contributed by atoms with E-state index >= 15 is 0 Å². The zero-order valence-corrected chi connectivity index (χ0v) is 12.8. The second-order valence-electron chi connectivity index (χ2n) is 6.99. The second kappa shape index (κ2) is 4.29. The number of hydrogen-bond acceptors (Lipinski definition) is 2. The maximum Gasteiger partial charge on any atom is 0.0410 e. The number of fused-ring (bicyclic) bond motifs is 5. The fraction of sp³-hybridized carbons (Fsp3) is 0.688. The second-order valence-corrected chi connectivity index (χ2v) is 7.90. The van der Waals surface area contributed by atoms with Crippen molar-refractivity contribution in [2.45, 2.75) is 44.1 Å². The smallest absolute Gasteiger partial charge is 0.0410 e. The van der Waals surface area contributed by atoms with Crippen molar-refractivity contribution in [3.8, 4) is 0 Å². The molecule has 1 aromatic heterocycles. The highest BCUT2D eigenvalue weighted by Gasteiger charge is 2.59. The molecule has 0 radical (unpaired) electrons. The molecule has 0 spiro atoms. The molecule has 3 saturated carbocycles. The van der Waals surface area contributed by atoms with Crippen molar-refractivity contribution in [1.82, 2.24) is 4.98 Å². The van der Waals surface area contributed by atoms with Gasteiger partial charge in [0.05, 0.1) is 0 Å². The molecule has 1 heterocycles. The van der Waals surface area contributed by atoms with Gasteiger partial charge in [-0.2, -0.15) is 0 Å². The molecule has 2 nitrogen and oxygen atoms in total. The number of halogens is 1. The van der Waals surface area contributed by atoms with Crippen molar-refractivity contribution in [2.24, 2.45) is 29.4 Å². The maximum atomic E-state index is 6.84. The van der Waals surface area contributed by atoms with E-state index in [9.17, 15) is 0 Å². The summed E-state index contributed by atoms with van der Waals surface area (Å²) in [5.74, 6) is 3.64.